The fourth-order valence-electron chi connectivity index (χ4n) is 0. The van der Waals surface area contributed by atoms with Crippen LogP contribution >= 0.6 is 0 Å². The van der Waals surface area contributed by atoms with E-state index in [1.54, 1.807) is 0 Å². The summed E-state index contributed by atoms with van der Waals surface area (Å²) in [7, 11) is 0. The standard InChI is InChI=1S/CH2.2H2S.Sn/h3*1H2;/p-2. The molecule has 0 aromatic carbocycles. The van der Waals surface area contributed by atoms with Gasteiger partial charge in [-0.25, -0.2) is 0 Å². The van der Waals surface area contributed by atoms with Crippen LogP contribution in [0.4, 0.5) is 0 Å². The molecule has 0 unspecified atom stereocenters. The summed E-state index contributed by atoms with van der Waals surface area (Å²) in [4.78, 5) is 0. The molecule has 0 N–H and O–H groups in total. The van der Waals surface area contributed by atoms with Crippen LogP contribution < -0.4 is 0 Å². The first-order valence-electron chi connectivity index (χ1n) is 0.354. The first kappa shape index (κ1) is 18.3. The quantitative estimate of drug-likeness (QED) is 0.280. The molecule has 0 amide bonds. The number of thiol groups is 2. The summed E-state index contributed by atoms with van der Waals surface area (Å²) in [5, 5.41) is 0. The van der Waals surface area contributed by atoms with Crippen molar-refractivity contribution in [3.8, 4) is 0 Å². The number of rotatable bonds is 0. The van der Waals surface area contributed by atoms with Crippen LogP contribution in [0.2, 0.25) is 0 Å². The summed E-state index contributed by atoms with van der Waals surface area (Å²) in [5.74, 6) is 0. The van der Waals surface area contributed by atoms with Crippen molar-refractivity contribution in [2.24, 2.45) is 0 Å². The second kappa shape index (κ2) is 26.5. The van der Waals surface area contributed by atoms with Crippen LogP contribution in [0.1, 0.15) is 0 Å². The van der Waals surface area contributed by atoms with E-state index in [4.69, 9.17) is 0 Å². The molecule has 0 aliphatic rings. The van der Waals surface area contributed by atoms with E-state index in [1.165, 1.54) is 22.1 Å². The van der Waals surface area contributed by atoms with Gasteiger partial charge >= 0.3 is 26.6 Å². The van der Waals surface area contributed by atoms with Crippen LogP contribution in [0.15, 0.2) is 0 Å². The van der Waals surface area contributed by atoms with Crippen molar-refractivity contribution in [3.05, 3.63) is 0 Å². The fourth-order valence-corrected chi connectivity index (χ4v) is 0. The summed E-state index contributed by atoms with van der Waals surface area (Å²) in [5.41, 5.74) is 0. The largest absolute Gasteiger partial charge is 0.813 e. The van der Waals surface area contributed by atoms with Crippen LogP contribution in [0.25, 0.3) is 0 Å². The SMILES string of the molecule is [CH2]=[Sn].[SH-].[SH-]. The van der Waals surface area contributed by atoms with Crippen molar-refractivity contribution in [1.82, 2.24) is 0 Å². The summed E-state index contributed by atoms with van der Waals surface area (Å²) in [6.07, 6.45) is 0. The molecule has 2 radical (unpaired) electrons. The molecule has 0 aromatic heterocycles. The molecular formula is CH4S2Sn-2. The van der Waals surface area contributed by atoms with E-state index in [0.29, 0.717) is 0 Å². The Balaban J connectivity index is -0.00000000500. The molecule has 3 heteroatoms. The molecule has 0 heterocycles. The van der Waals surface area contributed by atoms with E-state index in [-0.39, 0.29) is 27.0 Å². The van der Waals surface area contributed by atoms with Crippen molar-refractivity contribution in [1.29, 1.82) is 0 Å². The molecule has 0 aliphatic heterocycles. The van der Waals surface area contributed by atoms with Gasteiger partial charge in [0.15, 0.2) is 0 Å². The molecule has 0 aromatic rings. The van der Waals surface area contributed by atoms with Gasteiger partial charge in [0.25, 0.3) is 0 Å². The second-order valence-electron chi connectivity index (χ2n) is 0. The normalized spacial score (nSPS) is 1.00. The molecule has 4 heavy (non-hydrogen) atoms. The maximum atomic E-state index is 3.34. The zero-order valence-electron chi connectivity index (χ0n) is 2.10. The van der Waals surface area contributed by atoms with Gasteiger partial charge in [-0.2, -0.15) is 0 Å². The van der Waals surface area contributed by atoms with Crippen molar-refractivity contribution in [2.75, 3.05) is 0 Å². The van der Waals surface area contributed by atoms with Crippen LogP contribution in [0.5, 0.6) is 0 Å². The van der Waals surface area contributed by atoms with Gasteiger partial charge < -0.3 is 27.0 Å². The molecule has 0 fully saturated rings. The Morgan fingerprint density at radius 1 is 1.00 bits per heavy atom. The summed E-state index contributed by atoms with van der Waals surface area (Å²) >= 11 is 1.30. The first-order chi connectivity index (χ1) is 1.00. The van der Waals surface area contributed by atoms with E-state index in [9.17, 15) is 0 Å². The third kappa shape index (κ3) is 10.1. The topological polar surface area (TPSA) is 0 Å². The maximum absolute atomic E-state index is 3.34. The van der Waals surface area contributed by atoms with E-state index < -0.39 is 0 Å². The Morgan fingerprint density at radius 2 is 1.00 bits per heavy atom. The van der Waals surface area contributed by atoms with E-state index in [0.717, 1.165) is 0 Å². The van der Waals surface area contributed by atoms with Gasteiger partial charge in [-0.3, -0.25) is 0 Å². The molecule has 0 saturated carbocycles. The molecule has 0 saturated heterocycles. The molecule has 0 bridgehead atoms. The minimum atomic E-state index is 0. The number of hydrogen-bond donors (Lipinski definition) is 0. The zero-order valence-corrected chi connectivity index (χ0v) is 6.74. The fraction of sp³-hybridized carbons (Fsp3) is 0. The average molecular weight is 199 g/mol. The van der Waals surface area contributed by atoms with Crippen LogP contribution in [-0.2, 0) is 27.0 Å². The predicted octanol–water partition coefficient (Wildman–Crippen LogP) is -0.953. The van der Waals surface area contributed by atoms with Gasteiger partial charge in [0.05, 0.1) is 0 Å². The van der Waals surface area contributed by atoms with Crippen molar-refractivity contribution in [2.45, 2.75) is 0 Å². The molecule has 0 atom stereocenters. The van der Waals surface area contributed by atoms with Crippen LogP contribution in [0, 0.1) is 0 Å². The smallest absolute Gasteiger partial charge is 0.813 e. The van der Waals surface area contributed by atoms with Gasteiger partial charge in [0.2, 0.25) is 0 Å². The van der Waals surface area contributed by atoms with Gasteiger partial charge in [0.1, 0.15) is 0 Å². The Labute approximate surface area is 53.4 Å². The van der Waals surface area contributed by atoms with Crippen LogP contribution in [-0.4, -0.2) is 26.6 Å². The van der Waals surface area contributed by atoms with Crippen LogP contribution in [0.3, 0.4) is 0 Å². The summed E-state index contributed by atoms with van der Waals surface area (Å²) < 4.78 is 3.34. The summed E-state index contributed by atoms with van der Waals surface area (Å²) in [6, 6.07) is 0. The Hall–Kier alpha value is 1.37. The molecule has 0 aliphatic carbocycles. The second-order valence-corrected chi connectivity index (χ2v) is 0. The van der Waals surface area contributed by atoms with Crippen molar-refractivity contribution in [3.63, 3.8) is 0 Å². The predicted molar refractivity (Wildman–Crippen MR) is 30.4 cm³/mol. The number of hydrogen-bond acceptors (Lipinski definition) is 2. The average Bonchev–Trinajstić information content (AvgIpc) is 1.00. The Morgan fingerprint density at radius 3 is 1.00 bits per heavy atom. The van der Waals surface area contributed by atoms with Crippen molar-refractivity contribution >= 4 is 53.6 Å². The molecule has 0 spiro atoms. The first-order valence-corrected chi connectivity index (χ1v) is 2.37. The minimum absolute atomic E-state index is 0. The zero-order chi connectivity index (χ0) is 2.00. The van der Waals surface area contributed by atoms with Gasteiger partial charge in [-0.05, 0) is 0 Å². The third-order valence-electron chi connectivity index (χ3n) is 0. The third-order valence-corrected chi connectivity index (χ3v) is 0. The Bertz CT molecular complexity index is 6.00. The van der Waals surface area contributed by atoms with Crippen molar-refractivity contribution < 1.29 is 0 Å². The minimum Gasteiger partial charge on any atom is -0.813 e. The Kier molecular flexibility index (Phi) is 121. The maximum Gasteiger partial charge on any atom is -0.813 e. The van der Waals surface area contributed by atoms with E-state index >= 15 is 0 Å². The van der Waals surface area contributed by atoms with E-state index in [1.807, 2.05) is 0 Å². The van der Waals surface area contributed by atoms with E-state index in [2.05, 4.69) is 4.52 Å². The van der Waals surface area contributed by atoms with Gasteiger partial charge in [-0.15, -0.1) is 0 Å². The molecule has 0 nitrogen and oxygen atoms in total. The van der Waals surface area contributed by atoms with Gasteiger partial charge in [-0.1, -0.05) is 0 Å². The van der Waals surface area contributed by atoms with Gasteiger partial charge in [0, 0.05) is 0 Å². The molecule has 26 valence electrons. The summed E-state index contributed by atoms with van der Waals surface area (Å²) in [6.45, 7) is 0. The molecular weight excluding hydrogens is 195 g/mol. The monoisotopic (exact) mass is 200 g/mol. The molecule has 0 rings (SSSR count).